The molecule has 0 unspecified atom stereocenters. The number of carbonyl (C=O) groups excluding carboxylic acids is 1. The Morgan fingerprint density at radius 3 is 2.79 bits per heavy atom. The van der Waals surface area contributed by atoms with E-state index in [2.05, 4.69) is 27.6 Å². The lowest BCUT2D eigenvalue weighted by atomic mass is 10.2. The van der Waals surface area contributed by atoms with E-state index in [9.17, 15) is 4.79 Å². The number of rotatable bonds is 7. The predicted molar refractivity (Wildman–Crippen MR) is 130 cm³/mol. The molecule has 1 aliphatic heterocycles. The summed E-state index contributed by atoms with van der Waals surface area (Å²) in [5, 5.41) is 10.6. The maximum absolute atomic E-state index is 13.1. The Morgan fingerprint density at radius 1 is 1.18 bits per heavy atom. The summed E-state index contributed by atoms with van der Waals surface area (Å²) in [5.41, 5.74) is 4.07. The number of nitrogens with one attached hydrogen (secondary N) is 2. The van der Waals surface area contributed by atoms with Gasteiger partial charge in [-0.25, -0.2) is 4.99 Å². The molecule has 0 saturated heterocycles. The number of guanidine groups is 1. The van der Waals surface area contributed by atoms with Gasteiger partial charge in [-0.15, -0.1) is 0 Å². The SMILES string of the molecule is CCCn1cc(CN=C(NC(=O)c2ccc3c(c2)OCO3)Nc2cc(C)ccc2OC)c(C)n1. The first kappa shape index (κ1) is 23.2. The summed E-state index contributed by atoms with van der Waals surface area (Å²) in [6.07, 6.45) is 2.99. The van der Waals surface area contributed by atoms with Gasteiger partial charge in [0.25, 0.3) is 5.91 Å². The number of aromatic nitrogens is 2. The Labute approximate surface area is 198 Å². The van der Waals surface area contributed by atoms with Crippen LogP contribution in [0, 0.1) is 13.8 Å². The van der Waals surface area contributed by atoms with Crippen LogP contribution in [0.5, 0.6) is 17.2 Å². The molecular formula is C25H29N5O4. The summed E-state index contributed by atoms with van der Waals surface area (Å²) >= 11 is 0. The third-order valence-corrected chi connectivity index (χ3v) is 5.38. The minimum Gasteiger partial charge on any atom is -0.495 e. The summed E-state index contributed by atoms with van der Waals surface area (Å²) in [6.45, 7) is 7.39. The first-order valence-electron chi connectivity index (χ1n) is 11.2. The lowest BCUT2D eigenvalue weighted by Crippen LogP contribution is -2.36. The quantitative estimate of drug-likeness (QED) is 0.405. The van der Waals surface area contributed by atoms with E-state index in [0.717, 1.165) is 29.8 Å². The molecule has 1 aromatic heterocycles. The van der Waals surface area contributed by atoms with Crippen molar-refractivity contribution in [2.24, 2.45) is 4.99 Å². The zero-order valence-corrected chi connectivity index (χ0v) is 19.8. The minimum atomic E-state index is -0.324. The van der Waals surface area contributed by atoms with Crippen LogP contribution in [0.25, 0.3) is 0 Å². The van der Waals surface area contributed by atoms with Crippen molar-refractivity contribution in [1.29, 1.82) is 0 Å². The van der Waals surface area contributed by atoms with Gasteiger partial charge in [-0.2, -0.15) is 5.10 Å². The monoisotopic (exact) mass is 463 g/mol. The number of anilines is 1. The van der Waals surface area contributed by atoms with E-state index in [1.807, 2.05) is 42.9 Å². The molecule has 1 aliphatic rings. The highest BCUT2D eigenvalue weighted by atomic mass is 16.7. The molecule has 0 atom stereocenters. The maximum Gasteiger partial charge on any atom is 0.258 e. The van der Waals surface area contributed by atoms with Crippen LogP contribution >= 0.6 is 0 Å². The van der Waals surface area contributed by atoms with Crippen molar-refractivity contribution in [3.05, 3.63) is 65.0 Å². The number of benzene rings is 2. The van der Waals surface area contributed by atoms with E-state index in [1.165, 1.54) is 0 Å². The Balaban J connectivity index is 1.60. The largest absolute Gasteiger partial charge is 0.495 e. The van der Waals surface area contributed by atoms with Gasteiger partial charge < -0.3 is 19.5 Å². The second kappa shape index (κ2) is 10.3. The fourth-order valence-electron chi connectivity index (χ4n) is 3.60. The molecular weight excluding hydrogens is 434 g/mol. The van der Waals surface area contributed by atoms with Gasteiger partial charge in [-0.3, -0.25) is 14.8 Å². The van der Waals surface area contributed by atoms with Gasteiger partial charge in [0.15, 0.2) is 11.5 Å². The number of nitrogens with zero attached hydrogens (tertiary/aromatic N) is 3. The molecule has 1 amide bonds. The molecule has 0 spiro atoms. The molecule has 2 aromatic carbocycles. The molecule has 0 aliphatic carbocycles. The van der Waals surface area contributed by atoms with Gasteiger partial charge in [-0.1, -0.05) is 13.0 Å². The lowest BCUT2D eigenvalue weighted by molar-refractivity contribution is 0.0976. The average molecular weight is 464 g/mol. The number of aliphatic imine (C=N–C) groups is 1. The third-order valence-electron chi connectivity index (χ3n) is 5.38. The fraction of sp³-hybridized carbons (Fsp3) is 0.320. The third kappa shape index (κ3) is 5.31. The molecule has 178 valence electrons. The molecule has 34 heavy (non-hydrogen) atoms. The van der Waals surface area contributed by atoms with Crippen LogP contribution in [-0.2, 0) is 13.1 Å². The van der Waals surface area contributed by atoms with Crippen LogP contribution in [0.3, 0.4) is 0 Å². The van der Waals surface area contributed by atoms with Crippen molar-refractivity contribution < 1.29 is 19.0 Å². The second-order valence-corrected chi connectivity index (χ2v) is 8.02. The van der Waals surface area contributed by atoms with Crippen molar-refractivity contribution in [3.63, 3.8) is 0 Å². The van der Waals surface area contributed by atoms with Crippen molar-refractivity contribution in [3.8, 4) is 17.2 Å². The lowest BCUT2D eigenvalue weighted by Gasteiger charge is -2.15. The molecule has 0 fully saturated rings. The van der Waals surface area contributed by atoms with Crippen LogP contribution in [0.4, 0.5) is 5.69 Å². The van der Waals surface area contributed by atoms with Crippen molar-refractivity contribution in [1.82, 2.24) is 15.1 Å². The second-order valence-electron chi connectivity index (χ2n) is 8.02. The zero-order valence-electron chi connectivity index (χ0n) is 19.8. The van der Waals surface area contributed by atoms with E-state index in [4.69, 9.17) is 14.2 Å². The number of carbonyl (C=O) groups is 1. The van der Waals surface area contributed by atoms with Gasteiger partial charge >= 0.3 is 0 Å². The van der Waals surface area contributed by atoms with Crippen LogP contribution in [0.2, 0.25) is 0 Å². The van der Waals surface area contributed by atoms with Crippen LogP contribution in [-0.4, -0.2) is 35.5 Å². The minimum absolute atomic E-state index is 0.146. The fourth-order valence-corrected chi connectivity index (χ4v) is 3.60. The van der Waals surface area contributed by atoms with Crippen LogP contribution < -0.4 is 24.8 Å². The van der Waals surface area contributed by atoms with E-state index >= 15 is 0 Å². The Morgan fingerprint density at radius 2 is 2.00 bits per heavy atom. The number of hydrogen-bond acceptors (Lipinski definition) is 6. The van der Waals surface area contributed by atoms with Crippen molar-refractivity contribution >= 4 is 17.6 Å². The normalized spacial score (nSPS) is 12.5. The molecule has 2 N–H and O–H groups in total. The Hall–Kier alpha value is -4.01. The van der Waals surface area contributed by atoms with E-state index in [1.54, 1.807) is 25.3 Å². The number of fused-ring (bicyclic) bond motifs is 1. The highest BCUT2D eigenvalue weighted by molar-refractivity contribution is 6.10. The molecule has 0 radical (unpaired) electrons. The molecule has 9 heteroatoms. The molecule has 9 nitrogen and oxygen atoms in total. The van der Waals surface area contributed by atoms with E-state index in [0.29, 0.717) is 41.0 Å². The van der Waals surface area contributed by atoms with Crippen molar-refractivity contribution in [2.45, 2.75) is 40.3 Å². The van der Waals surface area contributed by atoms with E-state index < -0.39 is 0 Å². The van der Waals surface area contributed by atoms with Crippen LogP contribution in [0.15, 0.2) is 47.6 Å². The maximum atomic E-state index is 13.1. The summed E-state index contributed by atoms with van der Waals surface area (Å²) in [7, 11) is 1.60. The number of amides is 1. The number of hydrogen-bond donors (Lipinski definition) is 2. The topological polar surface area (TPSA) is 99.0 Å². The van der Waals surface area contributed by atoms with Gasteiger partial charge in [0.2, 0.25) is 12.8 Å². The molecule has 3 aromatic rings. The summed E-state index contributed by atoms with van der Waals surface area (Å²) in [6, 6.07) is 10.8. The Bertz CT molecular complexity index is 1220. The highest BCUT2D eigenvalue weighted by Gasteiger charge is 2.18. The van der Waals surface area contributed by atoms with Gasteiger partial charge in [0.1, 0.15) is 5.75 Å². The predicted octanol–water partition coefficient (Wildman–Crippen LogP) is 4.05. The van der Waals surface area contributed by atoms with Gasteiger partial charge in [-0.05, 0) is 56.2 Å². The standard InChI is InChI=1S/C25H29N5O4/c1-5-10-30-14-19(17(3)29-30)13-26-25(27-20-11-16(2)6-8-21(20)32-4)28-24(31)18-7-9-22-23(12-18)34-15-33-22/h6-9,11-12,14H,5,10,13,15H2,1-4H3,(H2,26,27,28,31). The molecule has 0 bridgehead atoms. The Kier molecular flexibility index (Phi) is 7.01. The summed E-state index contributed by atoms with van der Waals surface area (Å²) < 4.78 is 18.1. The first-order valence-corrected chi connectivity index (χ1v) is 11.2. The zero-order chi connectivity index (χ0) is 24.1. The molecule has 0 saturated carbocycles. The van der Waals surface area contributed by atoms with Crippen LogP contribution in [0.1, 0.15) is 40.5 Å². The number of methoxy groups -OCH3 is 1. The smallest absolute Gasteiger partial charge is 0.258 e. The average Bonchev–Trinajstić information content (AvgIpc) is 3.43. The van der Waals surface area contributed by atoms with Crippen molar-refractivity contribution in [2.75, 3.05) is 19.2 Å². The molecule has 4 rings (SSSR count). The molecule has 2 heterocycles. The number of aryl methyl sites for hydroxylation is 3. The van der Waals surface area contributed by atoms with Gasteiger partial charge in [0.05, 0.1) is 25.0 Å². The first-order chi connectivity index (χ1) is 16.5. The summed E-state index contributed by atoms with van der Waals surface area (Å²) in [5.74, 6) is 1.78. The number of ether oxygens (including phenoxy) is 3. The summed E-state index contributed by atoms with van der Waals surface area (Å²) in [4.78, 5) is 17.7. The van der Waals surface area contributed by atoms with Gasteiger partial charge in [0, 0.05) is 23.9 Å². The highest BCUT2D eigenvalue weighted by Crippen LogP contribution is 2.32. The van der Waals surface area contributed by atoms with E-state index in [-0.39, 0.29) is 12.7 Å².